The van der Waals surface area contributed by atoms with Crippen molar-refractivity contribution in [2.24, 2.45) is 0 Å². The molecule has 0 bridgehead atoms. The van der Waals surface area contributed by atoms with Gasteiger partial charge in [0.15, 0.2) is 0 Å². The number of carbonyl (C=O) groups is 1. The van der Waals surface area contributed by atoms with Gasteiger partial charge in [0.05, 0.1) is 27.4 Å². The molecule has 1 aromatic heterocycles. The monoisotopic (exact) mass is 381 g/mol. The van der Waals surface area contributed by atoms with Gasteiger partial charge in [0.25, 0.3) is 5.91 Å². The van der Waals surface area contributed by atoms with Crippen LogP contribution in [-0.2, 0) is 10.0 Å². The number of nitrogens with zero attached hydrogens (tertiary/aromatic N) is 2. The zero-order chi connectivity index (χ0) is 18.6. The van der Waals surface area contributed by atoms with Gasteiger partial charge in [-0.15, -0.1) is 0 Å². The number of carbonyl (C=O) groups excluding carboxylic acids is 1. The molecular weight excluding hydrogens is 362 g/mol. The van der Waals surface area contributed by atoms with Crippen molar-refractivity contribution in [1.82, 2.24) is 9.29 Å². The summed E-state index contributed by atoms with van der Waals surface area (Å²) in [6, 6.07) is 5.89. The number of hydrogen-bond acceptors (Lipinski definition) is 4. The van der Waals surface area contributed by atoms with Gasteiger partial charge in [-0.1, -0.05) is 25.4 Å². The molecular formula is C17H20ClN3O3S. The zero-order valence-corrected chi connectivity index (χ0v) is 15.9. The minimum Gasteiger partial charge on any atom is -0.320 e. The Morgan fingerprint density at radius 1 is 1.24 bits per heavy atom. The molecule has 0 unspecified atom stereocenters. The number of sulfonamides is 1. The molecule has 8 heteroatoms. The SMILES string of the molecule is CCN(CC)S(=O)(=O)c1ccc(Cl)c(C(=O)Nc2cnccc2C)c1. The molecule has 0 radical (unpaired) electrons. The van der Waals surface area contributed by atoms with Crippen LogP contribution in [0.15, 0.2) is 41.6 Å². The van der Waals surface area contributed by atoms with Gasteiger partial charge < -0.3 is 5.32 Å². The first-order valence-corrected chi connectivity index (χ1v) is 9.64. The smallest absolute Gasteiger partial charge is 0.257 e. The molecule has 134 valence electrons. The first kappa shape index (κ1) is 19.4. The lowest BCUT2D eigenvalue weighted by Crippen LogP contribution is -2.30. The van der Waals surface area contributed by atoms with E-state index < -0.39 is 15.9 Å². The highest BCUT2D eigenvalue weighted by Gasteiger charge is 2.24. The van der Waals surface area contributed by atoms with E-state index in [1.807, 2.05) is 6.92 Å². The van der Waals surface area contributed by atoms with Gasteiger partial charge in [-0.2, -0.15) is 4.31 Å². The Labute approximate surface area is 152 Å². The summed E-state index contributed by atoms with van der Waals surface area (Å²) in [6.07, 6.45) is 3.15. The van der Waals surface area contributed by atoms with Crippen molar-refractivity contribution >= 4 is 33.2 Å². The Hall–Kier alpha value is -1.96. The van der Waals surface area contributed by atoms with Crippen LogP contribution in [0.5, 0.6) is 0 Å². The van der Waals surface area contributed by atoms with Crippen molar-refractivity contribution < 1.29 is 13.2 Å². The average Bonchev–Trinajstić information content (AvgIpc) is 2.58. The van der Waals surface area contributed by atoms with Gasteiger partial charge in [-0.05, 0) is 36.8 Å². The largest absolute Gasteiger partial charge is 0.320 e. The van der Waals surface area contributed by atoms with E-state index in [1.54, 1.807) is 26.1 Å². The van der Waals surface area contributed by atoms with Crippen molar-refractivity contribution in [3.05, 3.63) is 52.8 Å². The van der Waals surface area contributed by atoms with E-state index >= 15 is 0 Å². The quantitative estimate of drug-likeness (QED) is 0.832. The summed E-state index contributed by atoms with van der Waals surface area (Å²) in [5.74, 6) is -0.488. The third-order valence-electron chi connectivity index (χ3n) is 3.81. The van der Waals surface area contributed by atoms with Gasteiger partial charge in [0, 0.05) is 19.3 Å². The topological polar surface area (TPSA) is 79.4 Å². The molecule has 0 atom stereocenters. The Kier molecular flexibility index (Phi) is 6.16. The predicted octanol–water partition coefficient (Wildman–Crippen LogP) is 3.33. The molecule has 0 spiro atoms. The molecule has 25 heavy (non-hydrogen) atoms. The van der Waals surface area contributed by atoms with Crippen molar-refractivity contribution in [3.8, 4) is 0 Å². The van der Waals surface area contributed by atoms with E-state index in [9.17, 15) is 13.2 Å². The van der Waals surface area contributed by atoms with Crippen LogP contribution in [-0.4, -0.2) is 36.7 Å². The van der Waals surface area contributed by atoms with Crippen molar-refractivity contribution in [2.45, 2.75) is 25.7 Å². The average molecular weight is 382 g/mol. The summed E-state index contributed by atoms with van der Waals surface area (Å²) >= 11 is 6.11. The number of hydrogen-bond donors (Lipinski definition) is 1. The van der Waals surface area contributed by atoms with Crippen molar-refractivity contribution in [3.63, 3.8) is 0 Å². The number of halogens is 1. The molecule has 0 fully saturated rings. The second-order valence-corrected chi connectivity index (χ2v) is 7.72. The third-order valence-corrected chi connectivity index (χ3v) is 6.19. The Morgan fingerprint density at radius 3 is 2.52 bits per heavy atom. The van der Waals surface area contributed by atoms with Crippen LogP contribution in [0, 0.1) is 6.92 Å². The molecule has 0 aliphatic rings. The maximum absolute atomic E-state index is 12.6. The molecule has 2 aromatic rings. The lowest BCUT2D eigenvalue weighted by molar-refractivity contribution is 0.102. The van der Waals surface area contributed by atoms with Crippen LogP contribution < -0.4 is 5.32 Å². The first-order chi connectivity index (χ1) is 11.8. The van der Waals surface area contributed by atoms with E-state index in [4.69, 9.17) is 11.6 Å². The molecule has 0 aliphatic heterocycles. The first-order valence-electron chi connectivity index (χ1n) is 7.82. The second-order valence-electron chi connectivity index (χ2n) is 5.38. The van der Waals surface area contributed by atoms with Crippen molar-refractivity contribution in [2.75, 3.05) is 18.4 Å². The van der Waals surface area contributed by atoms with E-state index in [2.05, 4.69) is 10.3 Å². The van der Waals surface area contributed by atoms with Gasteiger partial charge in [0.2, 0.25) is 10.0 Å². The summed E-state index contributed by atoms with van der Waals surface area (Å²) in [7, 11) is -3.67. The molecule has 6 nitrogen and oxygen atoms in total. The van der Waals surface area contributed by atoms with Gasteiger partial charge in [0.1, 0.15) is 0 Å². The number of nitrogens with one attached hydrogen (secondary N) is 1. The molecule has 1 N–H and O–H groups in total. The van der Waals surface area contributed by atoms with Crippen LogP contribution in [0.1, 0.15) is 29.8 Å². The summed E-state index contributed by atoms with van der Waals surface area (Å²) in [4.78, 5) is 16.5. The Bertz CT molecular complexity index is 880. The third kappa shape index (κ3) is 4.18. The molecule has 1 amide bonds. The Morgan fingerprint density at radius 2 is 1.92 bits per heavy atom. The summed E-state index contributed by atoms with van der Waals surface area (Å²) in [5.41, 5.74) is 1.48. The van der Waals surface area contributed by atoms with E-state index in [0.29, 0.717) is 18.8 Å². The molecule has 1 heterocycles. The minimum atomic E-state index is -3.67. The van der Waals surface area contributed by atoms with Gasteiger partial charge >= 0.3 is 0 Å². The molecule has 2 rings (SSSR count). The fraction of sp³-hybridized carbons (Fsp3) is 0.294. The summed E-state index contributed by atoms with van der Waals surface area (Å²) < 4.78 is 26.6. The molecule has 0 saturated carbocycles. The van der Waals surface area contributed by atoms with E-state index in [1.165, 1.54) is 28.7 Å². The van der Waals surface area contributed by atoms with Crippen LogP contribution in [0.3, 0.4) is 0 Å². The summed E-state index contributed by atoms with van der Waals surface area (Å²) in [5, 5.41) is 2.89. The maximum Gasteiger partial charge on any atom is 0.257 e. The molecule has 0 aliphatic carbocycles. The number of aromatic nitrogens is 1. The maximum atomic E-state index is 12.6. The fourth-order valence-electron chi connectivity index (χ4n) is 2.34. The fourth-order valence-corrected chi connectivity index (χ4v) is 4.02. The normalized spacial score (nSPS) is 11.6. The lowest BCUT2D eigenvalue weighted by Gasteiger charge is -2.19. The zero-order valence-electron chi connectivity index (χ0n) is 14.3. The second kappa shape index (κ2) is 7.95. The standard InChI is InChI=1S/C17H20ClN3O3S/c1-4-21(5-2)25(23,24)13-6-7-15(18)14(10-13)17(22)20-16-11-19-9-8-12(16)3/h6-11H,4-5H2,1-3H3,(H,20,22). The van der Waals surface area contributed by atoms with Crippen LogP contribution in [0.25, 0.3) is 0 Å². The number of aryl methyl sites for hydroxylation is 1. The van der Waals surface area contributed by atoms with E-state index in [-0.39, 0.29) is 15.5 Å². The van der Waals surface area contributed by atoms with Crippen molar-refractivity contribution in [1.29, 1.82) is 0 Å². The number of pyridine rings is 1. The molecule has 1 aromatic carbocycles. The highest BCUT2D eigenvalue weighted by Crippen LogP contribution is 2.24. The minimum absolute atomic E-state index is 0.0358. The highest BCUT2D eigenvalue weighted by atomic mass is 35.5. The highest BCUT2D eigenvalue weighted by molar-refractivity contribution is 7.89. The number of rotatable bonds is 6. The number of amides is 1. The van der Waals surface area contributed by atoms with Crippen LogP contribution in [0.4, 0.5) is 5.69 Å². The molecule has 0 saturated heterocycles. The van der Waals surface area contributed by atoms with Crippen LogP contribution in [0.2, 0.25) is 5.02 Å². The predicted molar refractivity (Wildman–Crippen MR) is 98.5 cm³/mol. The van der Waals surface area contributed by atoms with Gasteiger partial charge in [-0.3, -0.25) is 9.78 Å². The Balaban J connectivity index is 2.39. The van der Waals surface area contributed by atoms with E-state index in [0.717, 1.165) is 5.56 Å². The summed E-state index contributed by atoms with van der Waals surface area (Å²) in [6.45, 7) is 6.04. The van der Waals surface area contributed by atoms with Crippen LogP contribution >= 0.6 is 11.6 Å². The number of anilines is 1. The lowest BCUT2D eigenvalue weighted by atomic mass is 10.2. The number of benzene rings is 1. The van der Waals surface area contributed by atoms with Gasteiger partial charge in [-0.25, -0.2) is 8.42 Å².